The van der Waals surface area contributed by atoms with Crippen LogP contribution in [-0.4, -0.2) is 28.2 Å². The number of hydrogen-bond donors (Lipinski definition) is 0. The van der Waals surface area contributed by atoms with Crippen LogP contribution >= 0.6 is 34.7 Å². The SMILES string of the molecule is CC1OCCC1SCc1nnc(Cl)s1. The Morgan fingerprint density at radius 1 is 1.64 bits per heavy atom. The molecule has 1 saturated heterocycles. The van der Waals surface area contributed by atoms with Gasteiger partial charge in [0.25, 0.3) is 0 Å². The van der Waals surface area contributed by atoms with Crippen LogP contribution in [-0.2, 0) is 10.5 Å². The summed E-state index contributed by atoms with van der Waals surface area (Å²) in [7, 11) is 0. The highest BCUT2D eigenvalue weighted by atomic mass is 35.5. The predicted octanol–water partition coefficient (Wildman–Crippen LogP) is 2.60. The smallest absolute Gasteiger partial charge is 0.207 e. The van der Waals surface area contributed by atoms with Gasteiger partial charge in [0.2, 0.25) is 4.47 Å². The summed E-state index contributed by atoms with van der Waals surface area (Å²) >= 11 is 9.03. The molecule has 1 aliphatic rings. The highest BCUT2D eigenvalue weighted by Gasteiger charge is 2.24. The van der Waals surface area contributed by atoms with Gasteiger partial charge in [0.1, 0.15) is 5.01 Å². The van der Waals surface area contributed by atoms with Gasteiger partial charge in [0.15, 0.2) is 0 Å². The minimum atomic E-state index is 0.364. The second-order valence-electron chi connectivity index (χ2n) is 3.16. The first kappa shape index (κ1) is 10.7. The molecule has 2 unspecified atom stereocenters. The van der Waals surface area contributed by atoms with Crippen LogP contribution in [0.5, 0.6) is 0 Å². The van der Waals surface area contributed by atoms with Crippen molar-refractivity contribution in [1.82, 2.24) is 10.2 Å². The fraction of sp³-hybridized carbons (Fsp3) is 0.750. The number of thioether (sulfide) groups is 1. The molecule has 0 aliphatic carbocycles. The van der Waals surface area contributed by atoms with Crippen molar-refractivity contribution in [2.24, 2.45) is 0 Å². The third-order valence-electron chi connectivity index (χ3n) is 2.17. The average molecular weight is 251 g/mol. The molecule has 1 aromatic heterocycles. The monoisotopic (exact) mass is 250 g/mol. The van der Waals surface area contributed by atoms with Gasteiger partial charge >= 0.3 is 0 Å². The maximum Gasteiger partial charge on any atom is 0.207 e. The fourth-order valence-electron chi connectivity index (χ4n) is 1.40. The van der Waals surface area contributed by atoms with E-state index < -0.39 is 0 Å². The summed E-state index contributed by atoms with van der Waals surface area (Å²) in [5, 5.41) is 9.34. The van der Waals surface area contributed by atoms with Gasteiger partial charge in [-0.05, 0) is 24.9 Å². The van der Waals surface area contributed by atoms with E-state index in [0.717, 1.165) is 23.8 Å². The van der Waals surface area contributed by atoms with Crippen LogP contribution in [0.3, 0.4) is 0 Å². The summed E-state index contributed by atoms with van der Waals surface area (Å²) in [5.41, 5.74) is 0. The summed E-state index contributed by atoms with van der Waals surface area (Å²) in [4.78, 5) is 0. The molecule has 14 heavy (non-hydrogen) atoms. The van der Waals surface area contributed by atoms with E-state index in [0.29, 0.717) is 15.8 Å². The van der Waals surface area contributed by atoms with Gasteiger partial charge in [-0.1, -0.05) is 11.3 Å². The van der Waals surface area contributed by atoms with Crippen molar-refractivity contribution in [3.8, 4) is 0 Å². The Balaban J connectivity index is 1.82. The molecule has 0 spiro atoms. The summed E-state index contributed by atoms with van der Waals surface area (Å²) in [6.45, 7) is 3.01. The molecule has 2 atom stereocenters. The van der Waals surface area contributed by atoms with Gasteiger partial charge < -0.3 is 4.74 Å². The van der Waals surface area contributed by atoms with Crippen molar-refractivity contribution < 1.29 is 4.74 Å². The number of aromatic nitrogens is 2. The molecule has 0 radical (unpaired) electrons. The van der Waals surface area contributed by atoms with E-state index in [-0.39, 0.29) is 0 Å². The second kappa shape index (κ2) is 4.79. The molecule has 1 aliphatic heterocycles. The molecule has 1 aromatic rings. The van der Waals surface area contributed by atoms with Crippen molar-refractivity contribution >= 4 is 34.7 Å². The van der Waals surface area contributed by atoms with Crippen molar-refractivity contribution in [3.63, 3.8) is 0 Å². The average Bonchev–Trinajstić information content (AvgIpc) is 2.72. The lowest BCUT2D eigenvalue weighted by atomic mass is 10.3. The van der Waals surface area contributed by atoms with Crippen LogP contribution < -0.4 is 0 Å². The van der Waals surface area contributed by atoms with Crippen LogP contribution in [0.15, 0.2) is 0 Å². The molecule has 0 saturated carbocycles. The van der Waals surface area contributed by atoms with E-state index >= 15 is 0 Å². The Morgan fingerprint density at radius 2 is 2.50 bits per heavy atom. The first-order chi connectivity index (χ1) is 6.75. The molecule has 0 bridgehead atoms. The fourth-order valence-corrected chi connectivity index (χ4v) is 3.53. The molecule has 0 amide bonds. The number of halogens is 1. The summed E-state index contributed by atoms with van der Waals surface area (Å²) in [6, 6.07) is 0. The Hall–Kier alpha value is 0.160. The van der Waals surface area contributed by atoms with Crippen LogP contribution in [0, 0.1) is 0 Å². The van der Waals surface area contributed by atoms with Crippen molar-refractivity contribution in [1.29, 1.82) is 0 Å². The van der Waals surface area contributed by atoms with Crippen molar-refractivity contribution in [3.05, 3.63) is 9.47 Å². The summed E-state index contributed by atoms with van der Waals surface area (Å²) < 4.78 is 6.00. The number of rotatable bonds is 3. The summed E-state index contributed by atoms with van der Waals surface area (Å²) in [5.74, 6) is 0.892. The quantitative estimate of drug-likeness (QED) is 0.826. The number of hydrogen-bond acceptors (Lipinski definition) is 5. The van der Waals surface area contributed by atoms with E-state index in [1.807, 2.05) is 11.8 Å². The molecular formula is C8H11ClN2OS2. The second-order valence-corrected chi connectivity index (χ2v) is 6.03. The minimum absolute atomic E-state index is 0.364. The molecule has 0 N–H and O–H groups in total. The predicted molar refractivity (Wildman–Crippen MR) is 60.0 cm³/mol. The van der Waals surface area contributed by atoms with Crippen LogP contribution in [0.4, 0.5) is 0 Å². The first-order valence-electron chi connectivity index (χ1n) is 4.47. The third kappa shape index (κ3) is 2.59. The lowest BCUT2D eigenvalue weighted by Gasteiger charge is -2.11. The van der Waals surface area contributed by atoms with Crippen LogP contribution in [0.25, 0.3) is 0 Å². The topological polar surface area (TPSA) is 35.0 Å². The normalized spacial score (nSPS) is 27.0. The zero-order chi connectivity index (χ0) is 9.97. The lowest BCUT2D eigenvalue weighted by Crippen LogP contribution is -2.13. The molecule has 2 heterocycles. The Labute approximate surface area is 96.2 Å². The van der Waals surface area contributed by atoms with Gasteiger partial charge in [-0.2, -0.15) is 0 Å². The minimum Gasteiger partial charge on any atom is -0.377 e. The lowest BCUT2D eigenvalue weighted by molar-refractivity contribution is 0.127. The molecule has 2 rings (SSSR count). The molecule has 1 fully saturated rings. The van der Waals surface area contributed by atoms with E-state index in [4.69, 9.17) is 16.3 Å². The van der Waals surface area contributed by atoms with Gasteiger partial charge in [-0.3, -0.25) is 0 Å². The van der Waals surface area contributed by atoms with Crippen LogP contribution in [0.2, 0.25) is 4.47 Å². The number of ether oxygens (including phenoxy) is 1. The maximum absolute atomic E-state index is 5.70. The van der Waals surface area contributed by atoms with Gasteiger partial charge in [-0.15, -0.1) is 22.0 Å². The van der Waals surface area contributed by atoms with Crippen molar-refractivity contribution in [2.45, 2.75) is 30.5 Å². The third-order valence-corrected chi connectivity index (χ3v) is 4.86. The zero-order valence-corrected chi connectivity index (χ0v) is 10.2. The summed E-state index contributed by atoms with van der Waals surface area (Å²) in [6.07, 6.45) is 1.50. The van der Waals surface area contributed by atoms with Crippen molar-refractivity contribution in [2.75, 3.05) is 6.61 Å². The number of nitrogens with zero attached hydrogens (tertiary/aromatic N) is 2. The Kier molecular flexibility index (Phi) is 3.65. The Bertz CT molecular complexity index is 307. The van der Waals surface area contributed by atoms with Gasteiger partial charge in [-0.25, -0.2) is 0 Å². The molecular weight excluding hydrogens is 240 g/mol. The molecule has 78 valence electrons. The van der Waals surface area contributed by atoms with E-state index in [9.17, 15) is 0 Å². The highest BCUT2D eigenvalue weighted by Crippen LogP contribution is 2.30. The van der Waals surface area contributed by atoms with Crippen LogP contribution in [0.1, 0.15) is 18.4 Å². The Morgan fingerprint density at radius 3 is 3.07 bits per heavy atom. The van der Waals surface area contributed by atoms with E-state index in [2.05, 4.69) is 17.1 Å². The molecule has 6 heteroatoms. The largest absolute Gasteiger partial charge is 0.377 e. The van der Waals surface area contributed by atoms with E-state index in [1.54, 1.807) is 0 Å². The maximum atomic E-state index is 5.70. The van der Waals surface area contributed by atoms with Gasteiger partial charge in [0.05, 0.1) is 6.10 Å². The van der Waals surface area contributed by atoms with E-state index in [1.165, 1.54) is 11.3 Å². The van der Waals surface area contributed by atoms with Gasteiger partial charge in [0, 0.05) is 17.6 Å². The highest BCUT2D eigenvalue weighted by molar-refractivity contribution is 7.99. The standard InChI is InChI=1S/C8H11ClN2OS2/c1-5-6(2-3-12-5)13-4-7-10-11-8(9)14-7/h5-6H,2-4H2,1H3. The first-order valence-corrected chi connectivity index (χ1v) is 6.71. The molecule has 0 aromatic carbocycles. The zero-order valence-electron chi connectivity index (χ0n) is 7.77. The molecule has 3 nitrogen and oxygen atoms in total.